The smallest absolute Gasteiger partial charge is 0.170 e. The van der Waals surface area contributed by atoms with Crippen LogP contribution in [0.2, 0.25) is 0 Å². The van der Waals surface area contributed by atoms with Crippen molar-refractivity contribution in [1.82, 2.24) is 0 Å². The molecule has 1 aliphatic heterocycles. The molecule has 0 radical (unpaired) electrons. The summed E-state index contributed by atoms with van der Waals surface area (Å²) >= 11 is 1.55. The van der Waals surface area contributed by atoms with Gasteiger partial charge in [0, 0.05) is 15.5 Å². The molecule has 1 aliphatic rings. The zero-order valence-corrected chi connectivity index (χ0v) is 16.9. The Kier molecular flexibility index (Phi) is 6.67. The molecule has 0 aromatic rings. The van der Waals surface area contributed by atoms with Gasteiger partial charge < -0.3 is 0 Å². The first kappa shape index (κ1) is 23.1. The van der Waals surface area contributed by atoms with E-state index >= 15 is 0 Å². The van der Waals surface area contributed by atoms with Gasteiger partial charge in [-0.1, -0.05) is 0 Å². The molecular formula is BrF11N6P6. The van der Waals surface area contributed by atoms with Gasteiger partial charge in [0.15, 0.2) is 0 Å². The van der Waals surface area contributed by atoms with E-state index in [2.05, 4.69) is 0 Å². The summed E-state index contributed by atoms with van der Waals surface area (Å²) in [6, 6.07) is 0. The first-order valence-electron chi connectivity index (χ1n) is 4.43. The first-order valence-corrected chi connectivity index (χ1v) is 15.4. The highest BCUT2D eigenvalue weighted by molar-refractivity contribution is 9.40. The average molecular weight is 559 g/mol. The summed E-state index contributed by atoms with van der Waals surface area (Å²) in [5, 5.41) is 0. The van der Waals surface area contributed by atoms with Crippen LogP contribution in [0, 0.1) is 0 Å². The van der Waals surface area contributed by atoms with Crippen molar-refractivity contribution in [3.63, 3.8) is 0 Å². The van der Waals surface area contributed by atoms with Gasteiger partial charge in [-0.2, -0.15) is 4.20 Å². The second-order valence-electron chi connectivity index (χ2n) is 3.27. The third kappa shape index (κ3) is 8.19. The van der Waals surface area contributed by atoms with Gasteiger partial charge >= 0.3 is 45.4 Å². The second kappa shape index (κ2) is 6.92. The van der Waals surface area contributed by atoms with Crippen LogP contribution >= 0.6 is 60.8 Å². The van der Waals surface area contributed by atoms with Crippen LogP contribution in [0.15, 0.2) is 27.1 Å². The number of hydrogen-bond donors (Lipinski definition) is 0. The molecule has 0 spiro atoms. The van der Waals surface area contributed by atoms with Gasteiger partial charge in [-0.3, -0.25) is 0 Å². The minimum absolute atomic E-state index is 1.17. The lowest BCUT2D eigenvalue weighted by Crippen LogP contribution is -1.66. The van der Waals surface area contributed by atoms with E-state index in [0.29, 0.717) is 0 Å². The summed E-state index contributed by atoms with van der Waals surface area (Å²) in [5.41, 5.74) is 0. The van der Waals surface area contributed by atoms with Gasteiger partial charge in [0.2, 0.25) is 0 Å². The molecule has 1 unspecified atom stereocenters. The largest absolute Gasteiger partial charge is 0.425 e. The van der Waals surface area contributed by atoms with Gasteiger partial charge in [0.25, 0.3) is 0 Å². The zero-order chi connectivity index (χ0) is 19.2. The molecule has 0 amide bonds. The Morgan fingerprint density at radius 3 is 0.875 bits per heavy atom. The van der Waals surface area contributed by atoms with Crippen molar-refractivity contribution in [2.24, 2.45) is 27.1 Å². The molecule has 1 rings (SSSR count). The molecule has 0 aromatic carbocycles. The van der Waals surface area contributed by atoms with Crippen LogP contribution in [-0.4, -0.2) is 0 Å². The van der Waals surface area contributed by atoms with Crippen LogP contribution < -0.4 is 0 Å². The maximum Gasteiger partial charge on any atom is 0.425 e. The molecule has 1 atom stereocenters. The van der Waals surface area contributed by atoms with Crippen LogP contribution in [0.5, 0.6) is 0 Å². The predicted molar refractivity (Wildman–Crippen MR) is 77.2 cm³/mol. The number of nitrogens with zero attached hydrogens (tertiary/aromatic N) is 6. The molecule has 0 N–H and O–H groups in total. The molecule has 0 bridgehead atoms. The number of hydrogen-bond acceptors (Lipinski definition) is 6. The molecule has 0 aliphatic carbocycles. The molecule has 24 heavy (non-hydrogen) atoms. The fraction of sp³-hybridized carbons (Fsp3) is 0. The van der Waals surface area contributed by atoms with Crippen LogP contribution in [0.1, 0.15) is 0 Å². The highest BCUT2D eigenvalue weighted by Gasteiger charge is 2.39. The first-order chi connectivity index (χ1) is 10.2. The van der Waals surface area contributed by atoms with E-state index in [1.807, 2.05) is 0 Å². The van der Waals surface area contributed by atoms with Crippen LogP contribution in [-0.2, 0) is 0 Å². The number of rotatable bonds is 0. The zero-order valence-electron chi connectivity index (χ0n) is 9.90. The van der Waals surface area contributed by atoms with Crippen molar-refractivity contribution < 1.29 is 46.2 Å². The Balaban J connectivity index is 4.07. The summed E-state index contributed by atoms with van der Waals surface area (Å²) in [4.78, 5) is 0. The summed E-state index contributed by atoms with van der Waals surface area (Å²) in [6.07, 6.45) is -5.80. The van der Waals surface area contributed by atoms with Gasteiger partial charge in [0.05, 0.1) is 0 Å². The summed E-state index contributed by atoms with van der Waals surface area (Å²) < 4.78 is 152. The second-order valence-corrected chi connectivity index (χ2v) is 15.7. The fourth-order valence-electron chi connectivity index (χ4n) is 0.884. The lowest BCUT2D eigenvalue weighted by atomic mass is 13.8. The van der Waals surface area contributed by atoms with Crippen molar-refractivity contribution in [1.29, 1.82) is 0 Å². The van der Waals surface area contributed by atoms with Gasteiger partial charge in [-0.05, 0) is 0 Å². The third-order valence-electron chi connectivity index (χ3n) is 1.29. The Bertz CT molecular complexity index is 626. The molecule has 0 saturated heterocycles. The molecule has 0 fully saturated rings. The maximum atomic E-state index is 13.5. The van der Waals surface area contributed by atoms with Crippen molar-refractivity contribution in [3.8, 4) is 0 Å². The fourth-order valence-corrected chi connectivity index (χ4v) is 13.0. The highest BCUT2D eigenvalue weighted by atomic mass is 79.9. The topological polar surface area (TPSA) is 74.2 Å². The monoisotopic (exact) mass is 558 g/mol. The lowest BCUT2D eigenvalue weighted by Gasteiger charge is -2.09. The van der Waals surface area contributed by atoms with Crippen molar-refractivity contribution in [2.45, 2.75) is 0 Å². The third-order valence-corrected chi connectivity index (χ3v) is 14.2. The predicted octanol–water partition coefficient (Wildman–Crippen LogP) is 11.7. The van der Waals surface area contributed by atoms with Gasteiger partial charge in [0.1, 0.15) is 0 Å². The van der Waals surface area contributed by atoms with E-state index < -0.39 is 45.4 Å². The SMILES string of the molecule is FP1(F)=NP(F)(F)=NP(F)(F)=NP(F)(Br)=NP(F)(F)=NP(F)(F)=N1. The van der Waals surface area contributed by atoms with Crippen molar-refractivity contribution in [3.05, 3.63) is 0 Å². The van der Waals surface area contributed by atoms with Crippen LogP contribution in [0.4, 0.5) is 46.2 Å². The van der Waals surface area contributed by atoms with Crippen molar-refractivity contribution in [2.75, 3.05) is 0 Å². The van der Waals surface area contributed by atoms with E-state index in [0.717, 1.165) is 0 Å². The maximum absolute atomic E-state index is 13.5. The van der Waals surface area contributed by atoms with Crippen molar-refractivity contribution >= 4 is 60.8 Å². The Labute approximate surface area is 134 Å². The molecule has 0 saturated carbocycles. The van der Waals surface area contributed by atoms with E-state index in [-0.39, 0.29) is 0 Å². The molecule has 0 aromatic heterocycles. The van der Waals surface area contributed by atoms with Crippen LogP contribution in [0.3, 0.4) is 0 Å². The minimum atomic E-state index is -7.03. The summed E-state index contributed by atoms with van der Waals surface area (Å²) in [6.45, 7) is 0. The molecular weight excluding hydrogens is 559 g/mol. The Morgan fingerprint density at radius 1 is 0.375 bits per heavy atom. The standard InChI is InChI=1S/BrF11N6P6/c1-19(2)13-20(3,4)15-22(7,8)17-24(11,12)18-23(9,10)16-21(5,6)14-19. The van der Waals surface area contributed by atoms with E-state index in [1.54, 1.807) is 24.5 Å². The molecule has 6 nitrogen and oxygen atoms in total. The summed E-state index contributed by atoms with van der Waals surface area (Å²) in [5.74, 6) is 0. The molecule has 144 valence electrons. The normalized spacial score (nSPS) is 33.5. The molecule has 1 heterocycles. The molecule has 24 heteroatoms. The summed E-state index contributed by atoms with van der Waals surface area (Å²) in [7, 11) is -34.5. The van der Waals surface area contributed by atoms with E-state index in [1.165, 1.54) is 18.1 Å². The van der Waals surface area contributed by atoms with E-state index in [4.69, 9.17) is 0 Å². The van der Waals surface area contributed by atoms with Crippen LogP contribution in [0.25, 0.3) is 0 Å². The quantitative estimate of drug-likeness (QED) is 0.209. The van der Waals surface area contributed by atoms with Gasteiger partial charge in [-0.15, -0.1) is 69.1 Å². The Morgan fingerprint density at radius 2 is 0.583 bits per heavy atom. The number of halogens is 12. The average Bonchev–Trinajstić information content (AvgIpc) is 1.98. The lowest BCUT2D eigenvalue weighted by molar-refractivity contribution is 0.687. The minimum Gasteiger partial charge on any atom is -0.170 e. The Hall–Kier alpha value is 1.09. The highest BCUT2D eigenvalue weighted by Crippen LogP contribution is 2.84. The van der Waals surface area contributed by atoms with Gasteiger partial charge in [-0.25, -0.2) is 0 Å². The van der Waals surface area contributed by atoms with E-state index in [9.17, 15) is 46.2 Å².